The van der Waals surface area contributed by atoms with Gasteiger partial charge in [0.2, 0.25) is 0 Å². The van der Waals surface area contributed by atoms with Gasteiger partial charge in [0.05, 0.1) is 18.0 Å². The Balaban J connectivity index is 1.45. The number of nitrogens with zero attached hydrogens (tertiary/aromatic N) is 5. The summed E-state index contributed by atoms with van der Waals surface area (Å²) < 4.78 is 6.15. The van der Waals surface area contributed by atoms with Gasteiger partial charge in [-0.15, -0.1) is 0 Å². The molecule has 0 spiro atoms. The molecule has 0 aromatic carbocycles. The second-order valence-corrected chi connectivity index (χ2v) is 5.92. The number of fused-ring (bicyclic) bond motifs is 1. The van der Waals surface area contributed by atoms with Crippen molar-refractivity contribution in [2.45, 2.75) is 25.0 Å². The van der Waals surface area contributed by atoms with Gasteiger partial charge in [0.1, 0.15) is 18.1 Å². The van der Waals surface area contributed by atoms with E-state index in [4.69, 9.17) is 4.74 Å². The van der Waals surface area contributed by atoms with E-state index in [1.54, 1.807) is 18.7 Å². The number of rotatable bonds is 2. The minimum Gasteiger partial charge on any atom is -0.367 e. The van der Waals surface area contributed by atoms with Gasteiger partial charge in [0, 0.05) is 31.7 Å². The lowest BCUT2D eigenvalue weighted by atomic mass is 9.91. The summed E-state index contributed by atoms with van der Waals surface area (Å²) in [7, 11) is 0. The van der Waals surface area contributed by atoms with Gasteiger partial charge in [-0.1, -0.05) is 0 Å². The second-order valence-electron chi connectivity index (χ2n) is 5.92. The number of aromatic nitrogens is 4. The van der Waals surface area contributed by atoms with Gasteiger partial charge in [-0.25, -0.2) is 15.0 Å². The molecule has 118 valence electrons. The summed E-state index contributed by atoms with van der Waals surface area (Å²) in [4.78, 5) is 30.6. The van der Waals surface area contributed by atoms with Crippen molar-refractivity contribution in [2.75, 3.05) is 13.1 Å². The number of hydrogen-bond donors (Lipinski definition) is 0. The summed E-state index contributed by atoms with van der Waals surface area (Å²) in [5.74, 6) is 0.395. The molecule has 2 aromatic heterocycles. The van der Waals surface area contributed by atoms with Gasteiger partial charge in [-0.3, -0.25) is 9.78 Å². The van der Waals surface area contributed by atoms with E-state index in [1.165, 1.54) is 12.4 Å². The van der Waals surface area contributed by atoms with Crippen LogP contribution in [0, 0.1) is 5.92 Å². The fraction of sp³-hybridized carbons (Fsp3) is 0.438. The third-order valence-corrected chi connectivity index (χ3v) is 4.56. The first-order valence-corrected chi connectivity index (χ1v) is 7.78. The molecule has 0 saturated carbocycles. The van der Waals surface area contributed by atoms with Gasteiger partial charge < -0.3 is 9.64 Å². The quantitative estimate of drug-likeness (QED) is 0.830. The predicted molar refractivity (Wildman–Crippen MR) is 80.3 cm³/mol. The number of amides is 1. The molecule has 0 N–H and O–H groups in total. The number of likely N-dealkylation sites (tertiary alicyclic amines) is 1. The Labute approximate surface area is 133 Å². The summed E-state index contributed by atoms with van der Waals surface area (Å²) in [6.45, 7) is 1.33. The van der Waals surface area contributed by atoms with Crippen LogP contribution in [0.4, 0.5) is 0 Å². The molecule has 2 saturated heterocycles. The number of piperidine rings is 1. The maximum absolute atomic E-state index is 12.5. The van der Waals surface area contributed by atoms with Crippen LogP contribution in [0.3, 0.4) is 0 Å². The summed E-state index contributed by atoms with van der Waals surface area (Å²) in [5.41, 5.74) is 1.30. The Bertz CT molecular complexity index is 681. The van der Waals surface area contributed by atoms with Crippen molar-refractivity contribution >= 4 is 5.91 Å². The molecule has 4 heterocycles. The maximum atomic E-state index is 12.5. The zero-order valence-electron chi connectivity index (χ0n) is 12.6. The van der Waals surface area contributed by atoms with E-state index in [9.17, 15) is 4.79 Å². The molecule has 4 rings (SSSR count). The largest absolute Gasteiger partial charge is 0.367 e. The van der Waals surface area contributed by atoms with E-state index in [-0.39, 0.29) is 18.1 Å². The van der Waals surface area contributed by atoms with E-state index in [0.29, 0.717) is 18.2 Å². The van der Waals surface area contributed by atoms with Crippen LogP contribution in [-0.4, -0.2) is 49.9 Å². The fourth-order valence-corrected chi connectivity index (χ4v) is 3.37. The predicted octanol–water partition coefficient (Wildman–Crippen LogP) is 1.26. The molecule has 2 aliphatic rings. The minimum absolute atomic E-state index is 0.000399. The minimum atomic E-state index is -0.0781. The number of ether oxygens (including phenoxy) is 1. The highest BCUT2D eigenvalue weighted by Gasteiger charge is 2.41. The summed E-state index contributed by atoms with van der Waals surface area (Å²) in [5, 5.41) is 0. The zero-order valence-corrected chi connectivity index (χ0v) is 12.6. The lowest BCUT2D eigenvalue weighted by Gasteiger charge is -2.33. The molecule has 0 radical (unpaired) electrons. The van der Waals surface area contributed by atoms with Gasteiger partial charge in [0.25, 0.3) is 5.91 Å². The van der Waals surface area contributed by atoms with Crippen molar-refractivity contribution in [1.29, 1.82) is 0 Å². The van der Waals surface area contributed by atoms with Crippen molar-refractivity contribution in [3.8, 4) is 0 Å². The van der Waals surface area contributed by atoms with Crippen LogP contribution in [-0.2, 0) is 4.74 Å². The monoisotopic (exact) mass is 311 g/mol. The van der Waals surface area contributed by atoms with Gasteiger partial charge in [-0.05, 0) is 24.8 Å². The summed E-state index contributed by atoms with van der Waals surface area (Å²) in [6, 6.07) is 1.89. The smallest absolute Gasteiger partial charge is 0.274 e. The average Bonchev–Trinajstić information content (AvgIpc) is 3.06. The van der Waals surface area contributed by atoms with Crippen LogP contribution < -0.4 is 0 Å². The number of hydrogen-bond acceptors (Lipinski definition) is 6. The van der Waals surface area contributed by atoms with E-state index in [2.05, 4.69) is 19.9 Å². The van der Waals surface area contributed by atoms with E-state index in [1.807, 2.05) is 11.0 Å². The molecule has 7 nitrogen and oxygen atoms in total. The van der Waals surface area contributed by atoms with Crippen LogP contribution in [0.2, 0.25) is 0 Å². The Morgan fingerprint density at radius 1 is 1.22 bits per heavy atom. The topological polar surface area (TPSA) is 81.1 Å². The van der Waals surface area contributed by atoms with E-state index >= 15 is 0 Å². The first kappa shape index (κ1) is 14.2. The third kappa shape index (κ3) is 2.79. The van der Waals surface area contributed by atoms with Crippen molar-refractivity contribution in [1.82, 2.24) is 24.8 Å². The lowest BCUT2D eigenvalue weighted by Crippen LogP contribution is -2.45. The number of carbonyl (C=O) groups is 1. The van der Waals surface area contributed by atoms with Crippen molar-refractivity contribution in [2.24, 2.45) is 5.92 Å². The molecule has 0 bridgehead atoms. The second kappa shape index (κ2) is 6.00. The van der Waals surface area contributed by atoms with Crippen LogP contribution in [0.25, 0.3) is 0 Å². The molecule has 2 aliphatic heterocycles. The number of carbonyl (C=O) groups excluding carboxylic acids is 1. The highest BCUT2D eigenvalue weighted by atomic mass is 16.5. The molecule has 0 unspecified atom stereocenters. The average molecular weight is 311 g/mol. The first-order chi connectivity index (χ1) is 11.3. The maximum Gasteiger partial charge on any atom is 0.274 e. The Morgan fingerprint density at radius 3 is 2.96 bits per heavy atom. The Hall–Kier alpha value is -2.41. The molecule has 2 aromatic rings. The normalized spacial score (nSPS) is 26.8. The highest BCUT2D eigenvalue weighted by molar-refractivity contribution is 5.92. The van der Waals surface area contributed by atoms with Crippen LogP contribution in [0.15, 0.2) is 37.2 Å². The lowest BCUT2D eigenvalue weighted by molar-refractivity contribution is -0.00582. The molecule has 7 heteroatoms. The highest BCUT2D eigenvalue weighted by Crippen LogP contribution is 2.40. The Kier molecular flexibility index (Phi) is 3.70. The standard InChI is InChI=1S/C16H17N5O2/c22-16(13-8-17-4-5-19-13)21-6-2-11-7-14(23-15(11)9-21)12-1-3-18-10-20-12/h1,3-5,8,10-11,14-15H,2,6-7,9H2/t11-,14-,15+/m0/s1. The van der Waals surface area contributed by atoms with Crippen LogP contribution in [0.5, 0.6) is 0 Å². The molecular formula is C16H17N5O2. The molecule has 0 aliphatic carbocycles. The molecule has 23 heavy (non-hydrogen) atoms. The summed E-state index contributed by atoms with van der Waals surface area (Å²) >= 11 is 0. The molecule has 3 atom stereocenters. The van der Waals surface area contributed by atoms with Gasteiger partial charge in [0.15, 0.2) is 0 Å². The molecular weight excluding hydrogens is 294 g/mol. The van der Waals surface area contributed by atoms with E-state index in [0.717, 1.165) is 25.1 Å². The SMILES string of the molecule is O=C(c1cnccn1)N1CC[C@H]2C[C@@H](c3ccncn3)O[C@@H]2C1. The van der Waals surface area contributed by atoms with E-state index < -0.39 is 0 Å². The van der Waals surface area contributed by atoms with Gasteiger partial charge >= 0.3 is 0 Å². The zero-order chi connectivity index (χ0) is 15.6. The fourth-order valence-electron chi connectivity index (χ4n) is 3.37. The Morgan fingerprint density at radius 2 is 2.17 bits per heavy atom. The summed E-state index contributed by atoms with van der Waals surface area (Å²) in [6.07, 6.45) is 9.85. The van der Waals surface area contributed by atoms with Crippen LogP contribution >= 0.6 is 0 Å². The van der Waals surface area contributed by atoms with Gasteiger partial charge in [-0.2, -0.15) is 0 Å². The molecule has 1 amide bonds. The first-order valence-electron chi connectivity index (χ1n) is 7.78. The van der Waals surface area contributed by atoms with Crippen molar-refractivity contribution < 1.29 is 9.53 Å². The van der Waals surface area contributed by atoms with Crippen LogP contribution in [0.1, 0.15) is 35.1 Å². The van der Waals surface area contributed by atoms with Crippen molar-refractivity contribution in [3.63, 3.8) is 0 Å². The van der Waals surface area contributed by atoms with Crippen molar-refractivity contribution in [3.05, 3.63) is 48.6 Å². The third-order valence-electron chi connectivity index (χ3n) is 4.56. The molecule has 2 fully saturated rings.